The standard InChI is InChI=1S/C5H8.H2/c1-3-5-4-2;/h3-5H,1H2,2H3;1H. The predicted molar refractivity (Wildman–Crippen MR) is 27.1 cm³/mol. The summed E-state index contributed by atoms with van der Waals surface area (Å²) >= 11 is 0. The number of rotatable bonds is 1. The summed E-state index contributed by atoms with van der Waals surface area (Å²) in [6.45, 7) is 5.42. The van der Waals surface area contributed by atoms with Crippen LogP contribution in [-0.4, -0.2) is 0 Å². The summed E-state index contributed by atoms with van der Waals surface area (Å²) in [6.07, 6.45) is 5.58. The molecule has 5 heavy (non-hydrogen) atoms. The van der Waals surface area contributed by atoms with Crippen molar-refractivity contribution in [3.63, 3.8) is 0 Å². The Morgan fingerprint density at radius 3 is 2.40 bits per heavy atom. The van der Waals surface area contributed by atoms with E-state index >= 15 is 0 Å². The Kier molecular flexibility index (Phi) is 3.12. The van der Waals surface area contributed by atoms with E-state index in [-0.39, 0.29) is 1.43 Å². The Morgan fingerprint density at radius 1 is 1.80 bits per heavy atom. The van der Waals surface area contributed by atoms with Crippen LogP contribution in [0.2, 0.25) is 0 Å². The van der Waals surface area contributed by atoms with Crippen LogP contribution in [0.25, 0.3) is 0 Å². The van der Waals surface area contributed by atoms with Crippen LogP contribution in [0.1, 0.15) is 8.35 Å². The van der Waals surface area contributed by atoms with Gasteiger partial charge in [-0.1, -0.05) is 24.8 Å². The molecule has 0 fully saturated rings. The summed E-state index contributed by atoms with van der Waals surface area (Å²) in [5.74, 6) is 0. The Balaban J connectivity index is 0. The van der Waals surface area contributed by atoms with Crippen LogP contribution in [0, 0.1) is 0 Å². The molecule has 0 aliphatic carbocycles. The molecule has 0 aliphatic rings. The van der Waals surface area contributed by atoms with E-state index in [0.29, 0.717) is 0 Å². The lowest BCUT2D eigenvalue weighted by Crippen LogP contribution is -1.33. The van der Waals surface area contributed by atoms with Gasteiger partial charge >= 0.3 is 0 Å². The van der Waals surface area contributed by atoms with Gasteiger partial charge in [0.2, 0.25) is 0 Å². The number of hydrogen-bond donors (Lipinski definition) is 0. The quantitative estimate of drug-likeness (QED) is 0.414. The van der Waals surface area contributed by atoms with E-state index in [9.17, 15) is 0 Å². The number of hydrogen-bond acceptors (Lipinski definition) is 0. The Bertz CT molecular complexity index is 45.9. The molecule has 0 rings (SSSR count). The lowest BCUT2D eigenvalue weighted by atomic mass is 10.5. The van der Waals surface area contributed by atoms with Gasteiger partial charge in [-0.15, -0.1) is 0 Å². The van der Waals surface area contributed by atoms with Gasteiger partial charge in [-0.05, 0) is 6.92 Å². The maximum Gasteiger partial charge on any atom is 0 e. The van der Waals surface area contributed by atoms with Crippen LogP contribution in [0.4, 0.5) is 0 Å². The van der Waals surface area contributed by atoms with Crippen LogP contribution in [0.5, 0.6) is 0 Å². The third-order valence-corrected chi connectivity index (χ3v) is 0.329. The minimum absolute atomic E-state index is 0. The van der Waals surface area contributed by atoms with Crippen LogP contribution in [-0.2, 0) is 0 Å². The highest BCUT2D eigenvalue weighted by Gasteiger charge is 1.42. The van der Waals surface area contributed by atoms with Gasteiger partial charge in [0.1, 0.15) is 0 Å². The first-order valence-corrected chi connectivity index (χ1v) is 1.65. The zero-order valence-electron chi connectivity index (χ0n) is 3.44. The van der Waals surface area contributed by atoms with Crippen LogP contribution in [0.15, 0.2) is 24.8 Å². The monoisotopic (exact) mass is 70.1 g/mol. The second kappa shape index (κ2) is 3.48. The fourth-order valence-corrected chi connectivity index (χ4v) is 0.136. The molecule has 0 nitrogen and oxygen atoms in total. The molecule has 0 spiro atoms. The zero-order valence-corrected chi connectivity index (χ0v) is 3.44. The number of allylic oxidation sites excluding steroid dienone is 3. The lowest BCUT2D eigenvalue weighted by Gasteiger charge is -1.56. The molecule has 0 unspecified atom stereocenters. The van der Waals surface area contributed by atoms with Gasteiger partial charge in [0, 0.05) is 1.43 Å². The van der Waals surface area contributed by atoms with Gasteiger partial charge in [0.25, 0.3) is 0 Å². The molecule has 0 saturated heterocycles. The van der Waals surface area contributed by atoms with Gasteiger partial charge < -0.3 is 0 Å². The van der Waals surface area contributed by atoms with Gasteiger partial charge in [0.05, 0.1) is 0 Å². The second-order valence-corrected chi connectivity index (χ2v) is 0.761. The van der Waals surface area contributed by atoms with Crippen molar-refractivity contribution in [3.8, 4) is 0 Å². The van der Waals surface area contributed by atoms with E-state index in [4.69, 9.17) is 0 Å². The summed E-state index contributed by atoms with van der Waals surface area (Å²) in [7, 11) is 0. The first-order chi connectivity index (χ1) is 2.41. The highest BCUT2D eigenvalue weighted by molar-refractivity contribution is 4.94. The third-order valence-electron chi connectivity index (χ3n) is 0.329. The molecule has 0 aliphatic heterocycles. The van der Waals surface area contributed by atoms with Crippen LogP contribution in [0.3, 0.4) is 0 Å². The summed E-state index contributed by atoms with van der Waals surface area (Å²) in [5, 5.41) is 0. The first-order valence-electron chi connectivity index (χ1n) is 1.65. The first kappa shape index (κ1) is 4.48. The maximum atomic E-state index is 3.46. The van der Waals surface area contributed by atoms with Crippen molar-refractivity contribution in [1.82, 2.24) is 0 Å². The van der Waals surface area contributed by atoms with Gasteiger partial charge in [-0.3, -0.25) is 0 Å². The van der Waals surface area contributed by atoms with Crippen molar-refractivity contribution in [1.29, 1.82) is 0 Å². The molecule has 0 radical (unpaired) electrons. The summed E-state index contributed by atoms with van der Waals surface area (Å²) < 4.78 is 0. The molecule has 0 aromatic carbocycles. The molecular weight excluding hydrogens is 60.1 g/mol. The van der Waals surface area contributed by atoms with Crippen LogP contribution >= 0.6 is 0 Å². The fraction of sp³-hybridized carbons (Fsp3) is 0.200. The largest absolute Gasteiger partial charge is 0.0991 e. The van der Waals surface area contributed by atoms with Gasteiger partial charge in [-0.25, -0.2) is 0 Å². The molecule has 0 aromatic rings. The van der Waals surface area contributed by atoms with Gasteiger partial charge in [0.15, 0.2) is 0 Å². The Morgan fingerprint density at radius 2 is 2.40 bits per heavy atom. The molecule has 0 heteroatoms. The normalized spacial score (nSPS) is 9.00. The van der Waals surface area contributed by atoms with E-state index in [1.54, 1.807) is 6.08 Å². The minimum Gasteiger partial charge on any atom is -0.0991 e. The van der Waals surface area contributed by atoms with Crippen molar-refractivity contribution >= 4 is 0 Å². The molecule has 0 saturated carbocycles. The van der Waals surface area contributed by atoms with Gasteiger partial charge in [-0.2, -0.15) is 0 Å². The smallest absolute Gasteiger partial charge is 0 e. The lowest BCUT2D eigenvalue weighted by molar-refractivity contribution is 1.74. The fourth-order valence-electron chi connectivity index (χ4n) is 0.136. The average Bonchev–Trinajstić information content (AvgIpc) is 1.41. The maximum absolute atomic E-state index is 3.46. The van der Waals surface area contributed by atoms with E-state index in [1.807, 2.05) is 19.1 Å². The Labute approximate surface area is 34.3 Å². The SMILES string of the molecule is C=CC=CC.[HH]. The molecule has 0 heterocycles. The summed E-state index contributed by atoms with van der Waals surface area (Å²) in [5.41, 5.74) is 0. The zero-order chi connectivity index (χ0) is 4.12. The predicted octanol–water partition coefficient (Wildman–Crippen LogP) is 1.99. The van der Waals surface area contributed by atoms with Crippen molar-refractivity contribution in [3.05, 3.63) is 24.8 Å². The highest BCUT2D eigenvalue weighted by Crippen LogP contribution is 1.64. The average molecular weight is 70.1 g/mol. The van der Waals surface area contributed by atoms with E-state index in [0.717, 1.165) is 0 Å². The molecule has 30 valence electrons. The summed E-state index contributed by atoms with van der Waals surface area (Å²) in [6, 6.07) is 0. The van der Waals surface area contributed by atoms with E-state index in [2.05, 4.69) is 6.58 Å². The van der Waals surface area contributed by atoms with Crippen molar-refractivity contribution in [2.24, 2.45) is 0 Å². The van der Waals surface area contributed by atoms with Crippen molar-refractivity contribution in [2.75, 3.05) is 0 Å². The molecular formula is C5H10. The minimum atomic E-state index is 0. The van der Waals surface area contributed by atoms with Crippen molar-refractivity contribution in [2.45, 2.75) is 6.92 Å². The molecule has 0 atom stereocenters. The van der Waals surface area contributed by atoms with Crippen LogP contribution < -0.4 is 0 Å². The van der Waals surface area contributed by atoms with E-state index in [1.165, 1.54) is 0 Å². The third kappa shape index (κ3) is 3.48. The molecule has 0 aromatic heterocycles. The Hall–Kier alpha value is -0.520. The van der Waals surface area contributed by atoms with Crippen molar-refractivity contribution < 1.29 is 1.43 Å². The highest BCUT2D eigenvalue weighted by atomic mass is 13.5. The molecule has 0 N–H and O–H groups in total. The second-order valence-electron chi connectivity index (χ2n) is 0.761. The topological polar surface area (TPSA) is 0 Å². The summed E-state index contributed by atoms with van der Waals surface area (Å²) in [4.78, 5) is 0. The molecule has 0 amide bonds. The van der Waals surface area contributed by atoms with E-state index < -0.39 is 0 Å². The molecule has 0 bridgehead atoms.